The molecule has 1 aliphatic heterocycles. The molecule has 0 saturated heterocycles. The van der Waals surface area contributed by atoms with Crippen LogP contribution in [0, 0.1) is 0 Å². The largest absolute Gasteiger partial charge is 0.384 e. The van der Waals surface area contributed by atoms with Crippen molar-refractivity contribution in [3.8, 4) is 0 Å². The molecule has 1 heterocycles. The second kappa shape index (κ2) is 5.64. The predicted octanol–water partition coefficient (Wildman–Crippen LogP) is 2.65. The molecule has 1 fully saturated rings. The van der Waals surface area contributed by atoms with E-state index in [4.69, 9.17) is 0 Å². The Morgan fingerprint density at radius 2 is 2.16 bits per heavy atom. The maximum Gasteiger partial charge on any atom is 0.220 e. The minimum Gasteiger partial charge on any atom is -0.384 e. The minimum atomic E-state index is 0.218. The number of benzene rings is 1. The third-order valence-electron chi connectivity index (χ3n) is 4.31. The quantitative estimate of drug-likeness (QED) is 0.871. The van der Waals surface area contributed by atoms with Crippen LogP contribution < -0.4 is 10.6 Å². The molecule has 1 saturated carbocycles. The van der Waals surface area contributed by atoms with Gasteiger partial charge in [0, 0.05) is 24.7 Å². The summed E-state index contributed by atoms with van der Waals surface area (Å²) in [5.74, 6) is 0.218. The van der Waals surface area contributed by atoms with Gasteiger partial charge in [0.15, 0.2) is 0 Å². The number of nitrogens with one attached hydrogen (secondary N) is 2. The number of carbonyl (C=O) groups excluding carboxylic acids is 1. The van der Waals surface area contributed by atoms with Crippen LogP contribution in [-0.2, 0) is 17.6 Å². The predicted molar refractivity (Wildman–Crippen MR) is 77.4 cm³/mol. The zero-order valence-corrected chi connectivity index (χ0v) is 11.4. The smallest absolute Gasteiger partial charge is 0.220 e. The number of carbonyl (C=O) groups is 1. The average molecular weight is 258 g/mol. The molecule has 0 spiro atoms. The van der Waals surface area contributed by atoms with Crippen LogP contribution in [0.15, 0.2) is 18.2 Å². The molecule has 1 amide bonds. The minimum absolute atomic E-state index is 0.218. The molecular weight excluding hydrogens is 236 g/mol. The fraction of sp³-hybridized carbons (Fsp3) is 0.562. The van der Waals surface area contributed by atoms with Crippen LogP contribution in [0.1, 0.15) is 43.2 Å². The number of anilines is 1. The zero-order valence-electron chi connectivity index (χ0n) is 11.4. The van der Waals surface area contributed by atoms with E-state index < -0.39 is 0 Å². The molecule has 2 N–H and O–H groups in total. The maximum atomic E-state index is 11.9. The molecule has 102 valence electrons. The molecule has 19 heavy (non-hydrogen) atoms. The van der Waals surface area contributed by atoms with Crippen LogP contribution in [0.25, 0.3) is 0 Å². The van der Waals surface area contributed by atoms with E-state index in [0.29, 0.717) is 12.5 Å². The normalized spacial score (nSPS) is 18.1. The van der Waals surface area contributed by atoms with Crippen LogP contribution in [0.2, 0.25) is 0 Å². The topological polar surface area (TPSA) is 41.1 Å². The van der Waals surface area contributed by atoms with Crippen molar-refractivity contribution in [2.24, 2.45) is 0 Å². The van der Waals surface area contributed by atoms with Crippen LogP contribution in [0.3, 0.4) is 0 Å². The summed E-state index contributed by atoms with van der Waals surface area (Å²) in [6.45, 7) is 1.03. The van der Waals surface area contributed by atoms with Gasteiger partial charge in [-0.05, 0) is 42.9 Å². The van der Waals surface area contributed by atoms with E-state index in [-0.39, 0.29) is 5.91 Å². The second-order valence-electron chi connectivity index (χ2n) is 5.67. The first kappa shape index (κ1) is 12.5. The van der Waals surface area contributed by atoms with Gasteiger partial charge in [-0.2, -0.15) is 0 Å². The molecule has 1 aromatic rings. The van der Waals surface area contributed by atoms with E-state index in [1.807, 2.05) is 0 Å². The molecule has 0 atom stereocenters. The van der Waals surface area contributed by atoms with Crippen LogP contribution >= 0.6 is 0 Å². The van der Waals surface area contributed by atoms with Crippen LogP contribution in [-0.4, -0.2) is 18.5 Å². The molecule has 0 bridgehead atoms. The Kier molecular flexibility index (Phi) is 3.72. The standard InChI is InChI=1S/C16H22N2O/c19-16(18-13-5-1-2-6-13)9-8-12-4-3-7-15-14(12)10-11-17-15/h3-4,7,13,17H,1-2,5-6,8-11H2,(H,18,19). The first-order valence-corrected chi connectivity index (χ1v) is 7.47. The monoisotopic (exact) mass is 258 g/mol. The first-order chi connectivity index (χ1) is 9.33. The van der Waals surface area contributed by atoms with Crippen molar-refractivity contribution in [2.75, 3.05) is 11.9 Å². The Bertz CT molecular complexity index is 464. The van der Waals surface area contributed by atoms with Crippen molar-refractivity contribution in [1.82, 2.24) is 5.32 Å². The van der Waals surface area contributed by atoms with E-state index in [2.05, 4.69) is 28.8 Å². The Hall–Kier alpha value is -1.51. The molecule has 1 aliphatic carbocycles. The zero-order chi connectivity index (χ0) is 13.1. The lowest BCUT2D eigenvalue weighted by Gasteiger charge is -2.12. The molecule has 3 nitrogen and oxygen atoms in total. The molecule has 1 aromatic carbocycles. The molecule has 3 heteroatoms. The number of aryl methyl sites for hydroxylation is 1. The highest BCUT2D eigenvalue weighted by Gasteiger charge is 2.18. The molecule has 0 aromatic heterocycles. The Labute approximate surface area is 114 Å². The highest BCUT2D eigenvalue weighted by atomic mass is 16.1. The fourth-order valence-corrected chi connectivity index (χ4v) is 3.27. The molecule has 3 rings (SSSR count). The van der Waals surface area contributed by atoms with Gasteiger partial charge in [-0.1, -0.05) is 25.0 Å². The van der Waals surface area contributed by atoms with Gasteiger partial charge in [-0.15, -0.1) is 0 Å². The van der Waals surface area contributed by atoms with Gasteiger partial charge in [0.25, 0.3) is 0 Å². The van der Waals surface area contributed by atoms with Crippen molar-refractivity contribution < 1.29 is 4.79 Å². The summed E-state index contributed by atoms with van der Waals surface area (Å²) in [6, 6.07) is 6.82. The Morgan fingerprint density at radius 1 is 1.32 bits per heavy atom. The van der Waals surface area contributed by atoms with Crippen molar-refractivity contribution in [3.05, 3.63) is 29.3 Å². The third-order valence-corrected chi connectivity index (χ3v) is 4.31. The summed E-state index contributed by atoms with van der Waals surface area (Å²) < 4.78 is 0. The summed E-state index contributed by atoms with van der Waals surface area (Å²) in [5, 5.41) is 6.55. The first-order valence-electron chi connectivity index (χ1n) is 7.47. The number of fused-ring (bicyclic) bond motifs is 1. The van der Waals surface area contributed by atoms with E-state index in [1.165, 1.54) is 29.7 Å². The van der Waals surface area contributed by atoms with E-state index >= 15 is 0 Å². The van der Waals surface area contributed by atoms with Gasteiger partial charge < -0.3 is 10.6 Å². The lowest BCUT2D eigenvalue weighted by atomic mass is 10.0. The lowest BCUT2D eigenvalue weighted by Crippen LogP contribution is -2.32. The highest BCUT2D eigenvalue weighted by Crippen LogP contribution is 2.26. The van der Waals surface area contributed by atoms with E-state index in [1.54, 1.807) is 0 Å². The summed E-state index contributed by atoms with van der Waals surface area (Å²) in [5.41, 5.74) is 4.01. The van der Waals surface area contributed by atoms with Gasteiger partial charge in [-0.25, -0.2) is 0 Å². The highest BCUT2D eigenvalue weighted by molar-refractivity contribution is 5.76. The fourth-order valence-electron chi connectivity index (χ4n) is 3.27. The molecular formula is C16H22N2O. The summed E-state index contributed by atoms with van der Waals surface area (Å²) in [7, 11) is 0. The van der Waals surface area contributed by atoms with E-state index in [0.717, 1.165) is 32.2 Å². The molecule has 0 radical (unpaired) electrons. The maximum absolute atomic E-state index is 11.9. The average Bonchev–Trinajstić information content (AvgIpc) is 3.06. The van der Waals surface area contributed by atoms with Crippen molar-refractivity contribution in [1.29, 1.82) is 0 Å². The lowest BCUT2D eigenvalue weighted by molar-refractivity contribution is -0.121. The van der Waals surface area contributed by atoms with Crippen LogP contribution in [0.4, 0.5) is 5.69 Å². The van der Waals surface area contributed by atoms with Crippen molar-refractivity contribution in [3.63, 3.8) is 0 Å². The Morgan fingerprint density at radius 3 is 3.00 bits per heavy atom. The Balaban J connectivity index is 1.54. The SMILES string of the molecule is O=C(CCc1cccc2c1CCN2)NC1CCCC1. The number of rotatable bonds is 4. The van der Waals surface area contributed by atoms with Gasteiger partial charge in [0.2, 0.25) is 5.91 Å². The summed E-state index contributed by atoms with van der Waals surface area (Å²) in [4.78, 5) is 11.9. The van der Waals surface area contributed by atoms with E-state index in [9.17, 15) is 4.79 Å². The van der Waals surface area contributed by atoms with Gasteiger partial charge >= 0.3 is 0 Å². The van der Waals surface area contributed by atoms with Gasteiger partial charge in [-0.3, -0.25) is 4.79 Å². The summed E-state index contributed by atoms with van der Waals surface area (Å²) >= 11 is 0. The molecule has 2 aliphatic rings. The van der Waals surface area contributed by atoms with Crippen molar-refractivity contribution >= 4 is 11.6 Å². The second-order valence-corrected chi connectivity index (χ2v) is 5.67. The number of hydrogen-bond donors (Lipinski definition) is 2. The van der Waals surface area contributed by atoms with Crippen molar-refractivity contribution in [2.45, 2.75) is 51.0 Å². The van der Waals surface area contributed by atoms with Crippen LogP contribution in [0.5, 0.6) is 0 Å². The van der Waals surface area contributed by atoms with Gasteiger partial charge in [0.1, 0.15) is 0 Å². The third kappa shape index (κ3) is 2.91. The molecule has 0 unspecified atom stereocenters. The number of amides is 1. The van der Waals surface area contributed by atoms with Gasteiger partial charge in [0.05, 0.1) is 0 Å². The summed E-state index contributed by atoms with van der Waals surface area (Å²) in [6.07, 6.45) is 7.44. The number of hydrogen-bond acceptors (Lipinski definition) is 2.